The molecule has 0 spiro atoms. The predicted molar refractivity (Wildman–Crippen MR) is 52.9 cm³/mol. The highest BCUT2D eigenvalue weighted by atomic mass is 16.5. The molecule has 4 nitrogen and oxygen atoms in total. The summed E-state index contributed by atoms with van der Waals surface area (Å²) in [7, 11) is 0. The Morgan fingerprint density at radius 2 is 2.29 bits per heavy atom. The molecule has 2 heterocycles. The van der Waals surface area contributed by atoms with Crippen LogP contribution < -0.4 is 10.6 Å². The highest BCUT2D eigenvalue weighted by Crippen LogP contribution is 2.18. The Morgan fingerprint density at radius 1 is 1.50 bits per heavy atom. The van der Waals surface area contributed by atoms with E-state index in [4.69, 9.17) is 4.74 Å². The summed E-state index contributed by atoms with van der Waals surface area (Å²) in [5, 5.41) is 6.03. The zero-order valence-corrected chi connectivity index (χ0v) is 8.58. The molecule has 80 valence electrons. The van der Waals surface area contributed by atoms with Gasteiger partial charge in [0.05, 0.1) is 18.1 Å². The minimum atomic E-state index is 0.173. The van der Waals surface area contributed by atoms with E-state index >= 15 is 0 Å². The smallest absolute Gasteiger partial charge is 0.225 e. The minimum Gasteiger partial charge on any atom is -0.373 e. The van der Waals surface area contributed by atoms with Crippen LogP contribution in [0.1, 0.15) is 19.8 Å². The minimum absolute atomic E-state index is 0.173. The SMILES string of the molecule is CC1CCC(CNC(=O)C2CNC2)O1. The molecule has 0 saturated carbocycles. The van der Waals surface area contributed by atoms with Crippen molar-refractivity contribution in [2.24, 2.45) is 5.92 Å². The zero-order valence-electron chi connectivity index (χ0n) is 8.58. The first-order valence-electron chi connectivity index (χ1n) is 5.39. The van der Waals surface area contributed by atoms with Crippen molar-refractivity contribution in [3.8, 4) is 0 Å². The summed E-state index contributed by atoms with van der Waals surface area (Å²) in [4.78, 5) is 11.5. The maximum absolute atomic E-state index is 11.5. The summed E-state index contributed by atoms with van der Waals surface area (Å²) >= 11 is 0. The monoisotopic (exact) mass is 198 g/mol. The molecular weight excluding hydrogens is 180 g/mol. The van der Waals surface area contributed by atoms with E-state index in [1.165, 1.54) is 0 Å². The molecule has 0 aromatic heterocycles. The van der Waals surface area contributed by atoms with E-state index in [0.29, 0.717) is 12.6 Å². The molecule has 1 amide bonds. The highest BCUT2D eigenvalue weighted by molar-refractivity contribution is 5.80. The lowest BCUT2D eigenvalue weighted by molar-refractivity contribution is -0.127. The van der Waals surface area contributed by atoms with Crippen molar-refractivity contribution in [3.63, 3.8) is 0 Å². The van der Waals surface area contributed by atoms with E-state index in [9.17, 15) is 4.79 Å². The van der Waals surface area contributed by atoms with Crippen LogP contribution in [0.4, 0.5) is 0 Å². The largest absolute Gasteiger partial charge is 0.373 e. The van der Waals surface area contributed by atoms with E-state index in [0.717, 1.165) is 25.9 Å². The van der Waals surface area contributed by atoms with Crippen molar-refractivity contribution in [3.05, 3.63) is 0 Å². The fourth-order valence-corrected chi connectivity index (χ4v) is 1.87. The molecule has 4 heteroatoms. The molecule has 2 aliphatic rings. The van der Waals surface area contributed by atoms with Gasteiger partial charge in [0.2, 0.25) is 5.91 Å². The van der Waals surface area contributed by atoms with Gasteiger partial charge >= 0.3 is 0 Å². The van der Waals surface area contributed by atoms with E-state index in [-0.39, 0.29) is 17.9 Å². The molecule has 2 unspecified atom stereocenters. The standard InChI is InChI=1S/C10H18N2O2/c1-7-2-3-9(14-7)6-12-10(13)8-4-11-5-8/h7-9,11H,2-6H2,1H3,(H,12,13). The number of nitrogens with one attached hydrogen (secondary N) is 2. The van der Waals surface area contributed by atoms with Gasteiger partial charge in [0.15, 0.2) is 0 Å². The molecule has 0 radical (unpaired) electrons. The van der Waals surface area contributed by atoms with Gasteiger partial charge in [-0.3, -0.25) is 4.79 Å². The Hall–Kier alpha value is -0.610. The molecule has 2 N–H and O–H groups in total. The summed E-state index contributed by atoms with van der Waals surface area (Å²) in [6.07, 6.45) is 2.79. The van der Waals surface area contributed by atoms with Crippen molar-refractivity contribution < 1.29 is 9.53 Å². The van der Waals surface area contributed by atoms with Crippen LogP contribution >= 0.6 is 0 Å². The predicted octanol–water partition coefficient (Wildman–Crippen LogP) is -0.110. The Labute approximate surface area is 84.4 Å². The van der Waals surface area contributed by atoms with Gasteiger partial charge in [-0.1, -0.05) is 0 Å². The third-order valence-corrected chi connectivity index (χ3v) is 2.98. The molecule has 0 bridgehead atoms. The molecular formula is C10H18N2O2. The van der Waals surface area contributed by atoms with E-state index in [1.54, 1.807) is 0 Å². The molecule has 2 aliphatic heterocycles. The Balaban J connectivity index is 1.64. The van der Waals surface area contributed by atoms with Crippen molar-refractivity contribution in [1.29, 1.82) is 0 Å². The second kappa shape index (κ2) is 4.28. The van der Waals surface area contributed by atoms with Gasteiger partial charge in [0.25, 0.3) is 0 Å². The number of hydrogen-bond donors (Lipinski definition) is 2. The summed E-state index contributed by atoms with van der Waals surface area (Å²) in [5.41, 5.74) is 0. The molecule has 2 fully saturated rings. The molecule has 0 aliphatic carbocycles. The summed E-state index contributed by atoms with van der Waals surface area (Å²) in [6.45, 7) is 4.42. The lowest BCUT2D eigenvalue weighted by atomic mass is 10.0. The average Bonchev–Trinajstić information content (AvgIpc) is 2.45. The zero-order chi connectivity index (χ0) is 9.97. The van der Waals surface area contributed by atoms with Gasteiger partial charge in [0, 0.05) is 19.6 Å². The van der Waals surface area contributed by atoms with E-state index < -0.39 is 0 Å². The Morgan fingerprint density at radius 3 is 2.79 bits per heavy atom. The number of ether oxygens (including phenoxy) is 1. The van der Waals surface area contributed by atoms with Crippen LogP contribution in [0.15, 0.2) is 0 Å². The van der Waals surface area contributed by atoms with Crippen LogP contribution in [0.2, 0.25) is 0 Å². The van der Waals surface area contributed by atoms with E-state index in [2.05, 4.69) is 17.6 Å². The second-order valence-corrected chi connectivity index (χ2v) is 4.25. The maximum atomic E-state index is 11.5. The van der Waals surface area contributed by atoms with Gasteiger partial charge in [-0.15, -0.1) is 0 Å². The third kappa shape index (κ3) is 2.25. The molecule has 0 aromatic carbocycles. The van der Waals surface area contributed by atoms with Crippen LogP contribution in [0.3, 0.4) is 0 Å². The first-order chi connectivity index (χ1) is 6.75. The fraction of sp³-hybridized carbons (Fsp3) is 0.900. The molecule has 2 rings (SSSR count). The van der Waals surface area contributed by atoms with Crippen LogP contribution in [0, 0.1) is 5.92 Å². The average molecular weight is 198 g/mol. The summed E-state index contributed by atoms with van der Waals surface area (Å²) in [5.74, 6) is 0.362. The number of amides is 1. The number of hydrogen-bond acceptors (Lipinski definition) is 3. The van der Waals surface area contributed by atoms with Crippen molar-refractivity contribution >= 4 is 5.91 Å². The molecule has 14 heavy (non-hydrogen) atoms. The van der Waals surface area contributed by atoms with Crippen molar-refractivity contribution in [1.82, 2.24) is 10.6 Å². The lowest BCUT2D eigenvalue weighted by Crippen LogP contribution is -2.51. The lowest BCUT2D eigenvalue weighted by Gasteiger charge is -2.26. The van der Waals surface area contributed by atoms with Crippen molar-refractivity contribution in [2.45, 2.75) is 32.0 Å². The maximum Gasteiger partial charge on any atom is 0.225 e. The number of carbonyl (C=O) groups is 1. The third-order valence-electron chi connectivity index (χ3n) is 2.98. The summed E-state index contributed by atoms with van der Waals surface area (Å²) in [6, 6.07) is 0. The summed E-state index contributed by atoms with van der Waals surface area (Å²) < 4.78 is 5.61. The fourth-order valence-electron chi connectivity index (χ4n) is 1.87. The Bertz CT molecular complexity index is 216. The van der Waals surface area contributed by atoms with Crippen LogP contribution in [-0.2, 0) is 9.53 Å². The first kappa shape index (κ1) is 9.93. The highest BCUT2D eigenvalue weighted by Gasteiger charge is 2.27. The van der Waals surface area contributed by atoms with Crippen LogP contribution in [0.25, 0.3) is 0 Å². The topological polar surface area (TPSA) is 50.4 Å². The number of rotatable bonds is 3. The van der Waals surface area contributed by atoms with Crippen molar-refractivity contribution in [2.75, 3.05) is 19.6 Å². The van der Waals surface area contributed by atoms with Crippen LogP contribution in [0.5, 0.6) is 0 Å². The number of carbonyl (C=O) groups excluding carboxylic acids is 1. The second-order valence-electron chi connectivity index (χ2n) is 4.25. The first-order valence-corrected chi connectivity index (χ1v) is 5.39. The van der Waals surface area contributed by atoms with E-state index in [1.807, 2.05) is 0 Å². The van der Waals surface area contributed by atoms with Gasteiger partial charge < -0.3 is 15.4 Å². The Kier molecular flexibility index (Phi) is 3.03. The molecule has 0 aromatic rings. The normalized spacial score (nSPS) is 32.6. The van der Waals surface area contributed by atoms with Gasteiger partial charge in [-0.2, -0.15) is 0 Å². The van der Waals surface area contributed by atoms with Gasteiger partial charge in [0.1, 0.15) is 0 Å². The molecule has 2 saturated heterocycles. The van der Waals surface area contributed by atoms with Gasteiger partial charge in [-0.25, -0.2) is 0 Å². The molecule has 2 atom stereocenters. The quantitative estimate of drug-likeness (QED) is 0.665. The van der Waals surface area contributed by atoms with Gasteiger partial charge in [-0.05, 0) is 19.8 Å². The van der Waals surface area contributed by atoms with Crippen LogP contribution in [-0.4, -0.2) is 37.7 Å².